The first-order valence-electron chi connectivity index (χ1n) is 12.1. The van der Waals surface area contributed by atoms with Crippen molar-refractivity contribution in [2.24, 2.45) is 4.99 Å². The van der Waals surface area contributed by atoms with Gasteiger partial charge in [0.05, 0.1) is 13.2 Å². The maximum atomic E-state index is 5.61. The van der Waals surface area contributed by atoms with Gasteiger partial charge in [-0.05, 0) is 18.4 Å². The van der Waals surface area contributed by atoms with Gasteiger partial charge >= 0.3 is 0 Å². The molecule has 2 aliphatic rings. The van der Waals surface area contributed by atoms with Gasteiger partial charge < -0.3 is 19.9 Å². The minimum absolute atomic E-state index is 0. The summed E-state index contributed by atoms with van der Waals surface area (Å²) in [5.74, 6) is 1.97. The third kappa shape index (κ3) is 7.16. The van der Waals surface area contributed by atoms with E-state index >= 15 is 0 Å². The third-order valence-electron chi connectivity index (χ3n) is 6.91. The zero-order valence-electron chi connectivity index (χ0n) is 19.8. The van der Waals surface area contributed by atoms with Crippen molar-refractivity contribution < 1.29 is 4.74 Å². The average Bonchev–Trinajstić information content (AvgIpc) is 3.29. The summed E-state index contributed by atoms with van der Waals surface area (Å²) in [4.78, 5) is 11.7. The van der Waals surface area contributed by atoms with Crippen LogP contribution in [-0.4, -0.2) is 72.4 Å². The summed E-state index contributed by atoms with van der Waals surface area (Å²) < 4.78 is 7.84. The lowest BCUT2D eigenvalue weighted by molar-refractivity contribution is -0.0352. The molecule has 1 aliphatic carbocycles. The van der Waals surface area contributed by atoms with Gasteiger partial charge in [-0.3, -0.25) is 9.89 Å². The predicted octanol–water partition coefficient (Wildman–Crippen LogP) is 3.29. The Bertz CT molecular complexity index is 844. The van der Waals surface area contributed by atoms with Crippen LogP contribution in [0.2, 0.25) is 0 Å². The summed E-state index contributed by atoms with van der Waals surface area (Å²) in [6.45, 7) is 6.38. The van der Waals surface area contributed by atoms with Gasteiger partial charge in [0, 0.05) is 64.1 Å². The van der Waals surface area contributed by atoms with E-state index in [-0.39, 0.29) is 29.5 Å². The van der Waals surface area contributed by atoms with Gasteiger partial charge in [0.25, 0.3) is 0 Å². The van der Waals surface area contributed by atoms with Gasteiger partial charge in [-0.15, -0.1) is 24.0 Å². The first-order chi connectivity index (χ1) is 15.8. The fourth-order valence-electron chi connectivity index (χ4n) is 5.11. The fraction of sp³-hybridized carbons (Fsp3) is 0.600. The Hall–Kier alpha value is -1.65. The number of nitrogens with one attached hydrogen (secondary N) is 2. The number of guanidine groups is 1. The van der Waals surface area contributed by atoms with E-state index in [4.69, 9.17) is 4.74 Å². The molecule has 8 heteroatoms. The molecule has 1 aliphatic heterocycles. The first-order valence-corrected chi connectivity index (χ1v) is 12.1. The quantitative estimate of drug-likeness (QED) is 0.292. The van der Waals surface area contributed by atoms with Gasteiger partial charge in [0.1, 0.15) is 5.82 Å². The number of aromatic nitrogens is 2. The largest absolute Gasteiger partial charge is 0.379 e. The molecule has 0 spiro atoms. The van der Waals surface area contributed by atoms with E-state index in [1.165, 1.54) is 37.7 Å². The Morgan fingerprint density at radius 1 is 1.09 bits per heavy atom. The molecule has 4 rings (SSSR count). The number of aliphatic imine (C=N–C) groups is 1. The Balaban J connectivity index is 0.00000306. The summed E-state index contributed by atoms with van der Waals surface area (Å²) in [5.41, 5.74) is 1.52. The van der Waals surface area contributed by atoms with Crippen LogP contribution < -0.4 is 10.6 Å². The van der Waals surface area contributed by atoms with Crippen molar-refractivity contribution in [1.82, 2.24) is 25.1 Å². The number of halogens is 1. The molecule has 33 heavy (non-hydrogen) atoms. The molecular weight excluding hydrogens is 527 g/mol. The molecule has 2 N–H and O–H groups in total. The highest BCUT2D eigenvalue weighted by atomic mass is 127. The SMILES string of the molecule is CN=C(NCCc1nccn1Cc1ccccc1)NCC1(N2CCOCC2)CCCCC1.I. The molecular formula is C25H39IN6O. The molecule has 1 aromatic carbocycles. The summed E-state index contributed by atoms with van der Waals surface area (Å²) >= 11 is 0. The summed E-state index contributed by atoms with van der Waals surface area (Å²) in [6, 6.07) is 10.5. The second-order valence-corrected chi connectivity index (χ2v) is 8.94. The Labute approximate surface area is 215 Å². The Morgan fingerprint density at radius 2 is 1.85 bits per heavy atom. The van der Waals surface area contributed by atoms with E-state index in [2.05, 4.69) is 66.6 Å². The van der Waals surface area contributed by atoms with Crippen LogP contribution in [0.15, 0.2) is 47.7 Å². The summed E-state index contributed by atoms with van der Waals surface area (Å²) in [7, 11) is 1.86. The smallest absolute Gasteiger partial charge is 0.191 e. The minimum Gasteiger partial charge on any atom is -0.379 e. The van der Waals surface area contributed by atoms with E-state index in [1.807, 2.05) is 13.2 Å². The lowest BCUT2D eigenvalue weighted by Gasteiger charge is -2.48. The van der Waals surface area contributed by atoms with Crippen LogP contribution >= 0.6 is 24.0 Å². The number of benzene rings is 1. The van der Waals surface area contributed by atoms with E-state index in [0.29, 0.717) is 0 Å². The molecule has 0 atom stereocenters. The normalized spacial score (nSPS) is 19.0. The van der Waals surface area contributed by atoms with Crippen LogP contribution in [0.25, 0.3) is 0 Å². The molecule has 1 saturated heterocycles. The molecule has 2 fully saturated rings. The van der Waals surface area contributed by atoms with Crippen molar-refractivity contribution in [1.29, 1.82) is 0 Å². The van der Waals surface area contributed by atoms with Crippen LogP contribution in [-0.2, 0) is 17.7 Å². The number of morpholine rings is 1. The maximum Gasteiger partial charge on any atom is 0.191 e. The van der Waals surface area contributed by atoms with Crippen LogP contribution in [0.3, 0.4) is 0 Å². The molecule has 0 bridgehead atoms. The topological polar surface area (TPSA) is 66.7 Å². The molecule has 2 heterocycles. The number of hydrogen-bond donors (Lipinski definition) is 2. The van der Waals surface area contributed by atoms with E-state index < -0.39 is 0 Å². The number of rotatable bonds is 8. The number of nitrogens with zero attached hydrogens (tertiary/aromatic N) is 4. The second kappa shape index (κ2) is 13.3. The first kappa shape index (κ1) is 26.0. The number of ether oxygens (including phenoxy) is 1. The molecule has 2 aromatic rings. The highest BCUT2D eigenvalue weighted by molar-refractivity contribution is 14.0. The molecule has 0 amide bonds. The Morgan fingerprint density at radius 3 is 2.58 bits per heavy atom. The molecule has 1 saturated carbocycles. The monoisotopic (exact) mass is 566 g/mol. The molecule has 1 aromatic heterocycles. The predicted molar refractivity (Wildman–Crippen MR) is 144 cm³/mol. The molecule has 0 unspecified atom stereocenters. The van der Waals surface area contributed by atoms with Crippen molar-refractivity contribution in [3.05, 3.63) is 54.1 Å². The average molecular weight is 567 g/mol. The van der Waals surface area contributed by atoms with Gasteiger partial charge in [0.2, 0.25) is 0 Å². The molecule has 0 radical (unpaired) electrons. The second-order valence-electron chi connectivity index (χ2n) is 8.94. The summed E-state index contributed by atoms with van der Waals surface area (Å²) in [6.07, 6.45) is 11.3. The van der Waals surface area contributed by atoms with Crippen molar-refractivity contribution in [3.63, 3.8) is 0 Å². The maximum absolute atomic E-state index is 5.61. The standard InChI is InChI=1S/C25H38N6O.HI/c1-26-24(29-21-25(11-6-3-7-12-25)31-16-18-32-19-17-31)28-13-10-23-27-14-15-30(23)20-22-8-4-2-5-9-22;/h2,4-5,8-9,14-15H,3,6-7,10-13,16-21H2,1H3,(H2,26,28,29);1H. The van der Waals surface area contributed by atoms with Crippen molar-refractivity contribution in [2.75, 3.05) is 46.4 Å². The fourth-order valence-corrected chi connectivity index (χ4v) is 5.11. The molecule has 182 valence electrons. The van der Waals surface area contributed by atoms with Crippen molar-refractivity contribution in [2.45, 2.75) is 50.6 Å². The highest BCUT2D eigenvalue weighted by Crippen LogP contribution is 2.33. The lowest BCUT2D eigenvalue weighted by Crippen LogP contribution is -2.60. The number of imidazole rings is 1. The zero-order valence-corrected chi connectivity index (χ0v) is 22.2. The van der Waals surface area contributed by atoms with E-state index in [1.54, 1.807) is 0 Å². The van der Waals surface area contributed by atoms with E-state index in [9.17, 15) is 0 Å². The Kier molecular flexibility index (Phi) is 10.5. The lowest BCUT2D eigenvalue weighted by atomic mass is 9.80. The van der Waals surface area contributed by atoms with Crippen LogP contribution in [0.4, 0.5) is 0 Å². The van der Waals surface area contributed by atoms with Crippen LogP contribution in [0.1, 0.15) is 43.5 Å². The van der Waals surface area contributed by atoms with Crippen molar-refractivity contribution in [3.8, 4) is 0 Å². The summed E-state index contributed by atoms with van der Waals surface area (Å²) in [5, 5.41) is 7.14. The van der Waals surface area contributed by atoms with Gasteiger partial charge in [-0.25, -0.2) is 4.98 Å². The van der Waals surface area contributed by atoms with Crippen LogP contribution in [0, 0.1) is 0 Å². The third-order valence-corrected chi connectivity index (χ3v) is 6.91. The number of hydrogen-bond acceptors (Lipinski definition) is 4. The van der Waals surface area contributed by atoms with Gasteiger partial charge in [0.15, 0.2) is 5.96 Å². The van der Waals surface area contributed by atoms with Gasteiger partial charge in [-0.1, -0.05) is 49.6 Å². The van der Waals surface area contributed by atoms with E-state index in [0.717, 1.165) is 64.1 Å². The zero-order chi connectivity index (χ0) is 22.1. The minimum atomic E-state index is 0. The highest BCUT2D eigenvalue weighted by Gasteiger charge is 2.38. The molecule has 7 nitrogen and oxygen atoms in total. The van der Waals surface area contributed by atoms with Gasteiger partial charge in [-0.2, -0.15) is 0 Å². The van der Waals surface area contributed by atoms with Crippen molar-refractivity contribution >= 4 is 29.9 Å². The van der Waals surface area contributed by atoms with Crippen LogP contribution in [0.5, 0.6) is 0 Å².